The Hall–Kier alpha value is -3.45. The van der Waals surface area contributed by atoms with E-state index in [2.05, 4.69) is 20.3 Å². The van der Waals surface area contributed by atoms with Crippen molar-refractivity contribution in [2.45, 2.75) is 13.2 Å². The first-order valence-electron chi connectivity index (χ1n) is 11.5. The SMILES string of the molecule is COCCOc1nccc(-c2[nH]c(C3OCC(C)(C(=O)NCCN)CO3)nc2-c2ccc(F)cc2)n1. The molecule has 1 aliphatic heterocycles. The van der Waals surface area contributed by atoms with Gasteiger partial charge in [-0.3, -0.25) is 4.79 Å². The van der Waals surface area contributed by atoms with E-state index in [0.29, 0.717) is 54.8 Å². The molecule has 0 radical (unpaired) electrons. The highest BCUT2D eigenvalue weighted by molar-refractivity contribution is 5.82. The number of aromatic amines is 1. The van der Waals surface area contributed by atoms with Gasteiger partial charge in [0, 0.05) is 32.0 Å². The van der Waals surface area contributed by atoms with Gasteiger partial charge >= 0.3 is 6.01 Å². The van der Waals surface area contributed by atoms with Crippen LogP contribution in [0.2, 0.25) is 0 Å². The maximum atomic E-state index is 13.6. The number of carbonyl (C=O) groups is 1. The highest BCUT2D eigenvalue weighted by Gasteiger charge is 2.40. The number of nitrogens with two attached hydrogens (primary N) is 1. The Morgan fingerprint density at radius 2 is 1.97 bits per heavy atom. The summed E-state index contributed by atoms with van der Waals surface area (Å²) in [5.74, 6) is -0.173. The monoisotopic (exact) mass is 500 g/mol. The molecule has 4 N–H and O–H groups in total. The number of aromatic nitrogens is 4. The van der Waals surface area contributed by atoms with Gasteiger partial charge in [0.2, 0.25) is 12.2 Å². The maximum Gasteiger partial charge on any atom is 0.317 e. The van der Waals surface area contributed by atoms with E-state index in [9.17, 15) is 9.18 Å². The number of carbonyl (C=O) groups excluding carboxylic acids is 1. The van der Waals surface area contributed by atoms with Crippen molar-refractivity contribution >= 4 is 5.91 Å². The van der Waals surface area contributed by atoms with Gasteiger partial charge < -0.3 is 35.0 Å². The summed E-state index contributed by atoms with van der Waals surface area (Å²) in [6.07, 6.45) is 0.728. The van der Waals surface area contributed by atoms with Crippen LogP contribution in [0.4, 0.5) is 4.39 Å². The Kier molecular flexibility index (Phi) is 8.21. The molecule has 36 heavy (non-hydrogen) atoms. The number of hydrogen-bond acceptors (Lipinski definition) is 9. The molecule has 1 fully saturated rings. The number of halogens is 1. The Labute approximate surface area is 207 Å². The molecule has 3 aromatic rings. The first-order valence-corrected chi connectivity index (χ1v) is 11.5. The summed E-state index contributed by atoms with van der Waals surface area (Å²) in [5.41, 5.74) is 6.86. The lowest BCUT2D eigenvalue weighted by molar-refractivity contribution is -0.231. The Morgan fingerprint density at radius 3 is 2.67 bits per heavy atom. The van der Waals surface area contributed by atoms with E-state index in [1.807, 2.05) is 0 Å². The fourth-order valence-corrected chi connectivity index (χ4v) is 3.57. The highest BCUT2D eigenvalue weighted by atomic mass is 19.1. The number of benzene rings is 1. The molecule has 1 aliphatic rings. The molecule has 0 spiro atoms. The van der Waals surface area contributed by atoms with Gasteiger partial charge in [-0.05, 0) is 37.3 Å². The smallest absolute Gasteiger partial charge is 0.317 e. The molecule has 1 amide bonds. The van der Waals surface area contributed by atoms with E-state index >= 15 is 0 Å². The van der Waals surface area contributed by atoms with Gasteiger partial charge in [-0.15, -0.1) is 0 Å². The van der Waals surface area contributed by atoms with Crippen LogP contribution in [-0.4, -0.2) is 72.5 Å². The lowest BCUT2D eigenvalue weighted by Crippen LogP contribution is -2.49. The van der Waals surface area contributed by atoms with Crippen LogP contribution in [0, 0.1) is 11.2 Å². The third-order valence-corrected chi connectivity index (χ3v) is 5.56. The van der Waals surface area contributed by atoms with E-state index in [0.717, 1.165) is 0 Å². The van der Waals surface area contributed by atoms with E-state index in [1.54, 1.807) is 38.4 Å². The van der Waals surface area contributed by atoms with Gasteiger partial charge in [0.15, 0.2) is 5.82 Å². The van der Waals surface area contributed by atoms with Crippen LogP contribution < -0.4 is 15.8 Å². The molecule has 1 aromatic carbocycles. The number of methoxy groups -OCH3 is 1. The second-order valence-electron chi connectivity index (χ2n) is 8.48. The molecule has 1 saturated heterocycles. The zero-order valence-corrected chi connectivity index (χ0v) is 20.1. The van der Waals surface area contributed by atoms with E-state index in [4.69, 9.17) is 29.7 Å². The Balaban J connectivity index is 1.61. The highest BCUT2D eigenvalue weighted by Crippen LogP contribution is 2.35. The Bertz CT molecular complexity index is 1160. The van der Waals surface area contributed by atoms with E-state index in [1.165, 1.54) is 12.1 Å². The quantitative estimate of drug-likeness (QED) is 0.355. The minimum absolute atomic E-state index is 0.126. The molecule has 2 aromatic heterocycles. The zero-order valence-electron chi connectivity index (χ0n) is 20.1. The minimum Gasteiger partial charge on any atom is -0.461 e. The molecule has 0 aliphatic carbocycles. The average Bonchev–Trinajstić information content (AvgIpc) is 3.34. The van der Waals surface area contributed by atoms with E-state index in [-0.39, 0.29) is 30.9 Å². The molecular formula is C24H29FN6O5. The number of nitrogens with zero attached hydrogens (tertiary/aromatic N) is 3. The fourth-order valence-electron chi connectivity index (χ4n) is 3.57. The van der Waals surface area contributed by atoms with E-state index < -0.39 is 11.7 Å². The van der Waals surface area contributed by atoms with Crippen LogP contribution in [-0.2, 0) is 19.0 Å². The number of amides is 1. The summed E-state index contributed by atoms with van der Waals surface area (Å²) >= 11 is 0. The molecule has 0 bridgehead atoms. The molecule has 0 saturated carbocycles. The van der Waals surface area contributed by atoms with Crippen molar-refractivity contribution in [1.29, 1.82) is 0 Å². The number of H-pyrrole nitrogens is 1. The summed E-state index contributed by atoms with van der Waals surface area (Å²) in [4.78, 5) is 29.0. The number of rotatable bonds is 10. The van der Waals surface area contributed by atoms with Crippen LogP contribution in [0.15, 0.2) is 36.5 Å². The maximum absolute atomic E-state index is 13.6. The lowest BCUT2D eigenvalue weighted by atomic mass is 9.91. The molecule has 3 heterocycles. The predicted molar refractivity (Wildman–Crippen MR) is 127 cm³/mol. The van der Waals surface area contributed by atoms with Gasteiger partial charge in [0.25, 0.3) is 0 Å². The number of nitrogens with one attached hydrogen (secondary N) is 2. The topological polar surface area (TPSA) is 146 Å². The Morgan fingerprint density at radius 1 is 1.22 bits per heavy atom. The largest absolute Gasteiger partial charge is 0.461 e. The minimum atomic E-state index is -0.859. The van der Waals surface area contributed by atoms with Gasteiger partial charge in [-0.2, -0.15) is 4.98 Å². The second-order valence-corrected chi connectivity index (χ2v) is 8.48. The molecule has 0 atom stereocenters. The summed E-state index contributed by atoms with van der Waals surface area (Å²) in [6, 6.07) is 7.83. The molecule has 192 valence electrons. The molecular weight excluding hydrogens is 471 g/mol. The molecule has 0 unspecified atom stereocenters. The first-order chi connectivity index (χ1) is 17.4. The van der Waals surface area contributed by atoms with Crippen molar-refractivity contribution < 1.29 is 28.1 Å². The fraction of sp³-hybridized carbons (Fsp3) is 0.417. The molecule has 12 heteroatoms. The summed E-state index contributed by atoms with van der Waals surface area (Å²) in [6.45, 7) is 3.41. The third kappa shape index (κ3) is 5.85. The van der Waals surface area contributed by atoms with Crippen LogP contribution in [0.5, 0.6) is 6.01 Å². The normalized spacial score (nSPS) is 19.7. The van der Waals surface area contributed by atoms with Gasteiger partial charge in [-0.25, -0.2) is 14.4 Å². The van der Waals surface area contributed by atoms with Crippen LogP contribution >= 0.6 is 0 Å². The van der Waals surface area contributed by atoms with Crippen LogP contribution in [0.3, 0.4) is 0 Å². The van der Waals surface area contributed by atoms with Gasteiger partial charge in [0.1, 0.15) is 12.4 Å². The van der Waals surface area contributed by atoms with Crippen molar-refractivity contribution in [3.8, 4) is 28.7 Å². The number of hydrogen-bond donors (Lipinski definition) is 3. The van der Waals surface area contributed by atoms with Crippen molar-refractivity contribution in [1.82, 2.24) is 25.3 Å². The lowest BCUT2D eigenvalue weighted by Gasteiger charge is -2.35. The predicted octanol–water partition coefficient (Wildman–Crippen LogP) is 1.82. The molecule has 4 rings (SSSR count). The first kappa shape index (κ1) is 25.6. The van der Waals surface area contributed by atoms with Gasteiger partial charge in [-0.1, -0.05) is 0 Å². The average molecular weight is 501 g/mol. The van der Waals surface area contributed by atoms with Crippen LogP contribution in [0.25, 0.3) is 22.6 Å². The number of ether oxygens (including phenoxy) is 4. The van der Waals surface area contributed by atoms with Crippen LogP contribution in [0.1, 0.15) is 19.0 Å². The van der Waals surface area contributed by atoms with Crippen molar-refractivity contribution in [2.24, 2.45) is 11.1 Å². The summed E-state index contributed by atoms with van der Waals surface area (Å²) < 4.78 is 35.9. The summed E-state index contributed by atoms with van der Waals surface area (Å²) in [7, 11) is 1.58. The second kappa shape index (κ2) is 11.5. The molecule has 11 nitrogen and oxygen atoms in total. The number of imidazole rings is 1. The van der Waals surface area contributed by atoms with Crippen molar-refractivity contribution in [2.75, 3.05) is 46.6 Å². The standard InChI is InChI=1S/C24H29FN6O5/c1-24(22(32)27-10-8-26)13-35-21(36-14-24)20-30-18(15-3-5-16(25)6-4-15)19(31-20)17-7-9-28-23(29-17)34-12-11-33-2/h3-7,9,21H,8,10-14,26H2,1-2H3,(H,27,32)(H,30,31). The van der Waals surface area contributed by atoms with Gasteiger partial charge in [0.05, 0.1) is 42.3 Å². The zero-order chi connectivity index (χ0) is 25.5. The third-order valence-electron chi connectivity index (χ3n) is 5.56. The van der Waals surface area contributed by atoms with Crippen molar-refractivity contribution in [3.63, 3.8) is 0 Å². The van der Waals surface area contributed by atoms with Crippen molar-refractivity contribution in [3.05, 3.63) is 48.2 Å². The summed E-state index contributed by atoms with van der Waals surface area (Å²) in [5, 5.41) is 2.77.